The summed E-state index contributed by atoms with van der Waals surface area (Å²) in [6.45, 7) is 5.21. The van der Waals surface area contributed by atoms with Gasteiger partial charge in [-0.25, -0.2) is 14.2 Å². The van der Waals surface area contributed by atoms with E-state index in [2.05, 4.69) is 20.9 Å². The summed E-state index contributed by atoms with van der Waals surface area (Å²) in [6.07, 6.45) is 1.23. The zero-order valence-electron chi connectivity index (χ0n) is 19.0. The Labute approximate surface area is 201 Å². The van der Waals surface area contributed by atoms with Gasteiger partial charge in [-0.3, -0.25) is 4.79 Å². The molecule has 0 saturated carbocycles. The van der Waals surface area contributed by atoms with Gasteiger partial charge >= 0.3 is 6.03 Å². The number of thiazole rings is 1. The molecule has 1 aliphatic heterocycles. The molecule has 1 aliphatic rings. The van der Waals surface area contributed by atoms with Crippen LogP contribution in [0.4, 0.5) is 20.0 Å². The summed E-state index contributed by atoms with van der Waals surface area (Å²) in [5.74, 6) is -0.613. The van der Waals surface area contributed by atoms with Crippen LogP contribution in [-0.4, -0.2) is 49.3 Å². The second-order valence-corrected chi connectivity index (χ2v) is 9.07. The second-order valence-electron chi connectivity index (χ2n) is 8.06. The normalized spacial score (nSPS) is 14.6. The number of ether oxygens (including phenoxy) is 1. The summed E-state index contributed by atoms with van der Waals surface area (Å²) in [5, 5.41) is 9.32. The zero-order valence-corrected chi connectivity index (χ0v) is 19.8. The number of aromatic nitrogens is 1. The Bertz CT molecular complexity index is 1130. The standard InChI is InChI=1S/C24H28FN5O3S/c1-2-3-20(28-23(32)26-15-16-4-6-17(25)7-5-16)22(31)27-18-8-9-19-21(14-18)34-24(29-19)30-10-12-33-13-11-30/h4-9,14,20H,2-3,10-13,15H2,1H3,(H,27,31)(H2,26,28,32). The second kappa shape index (κ2) is 11.3. The van der Waals surface area contributed by atoms with Gasteiger partial charge in [-0.15, -0.1) is 0 Å². The Balaban J connectivity index is 1.36. The van der Waals surface area contributed by atoms with Gasteiger partial charge in [0.2, 0.25) is 5.91 Å². The summed E-state index contributed by atoms with van der Waals surface area (Å²) >= 11 is 1.58. The quantitative estimate of drug-likeness (QED) is 0.450. The largest absolute Gasteiger partial charge is 0.378 e. The van der Waals surface area contributed by atoms with Crippen molar-refractivity contribution in [2.75, 3.05) is 36.5 Å². The maximum absolute atomic E-state index is 13.0. The van der Waals surface area contributed by atoms with Crippen LogP contribution in [0.25, 0.3) is 10.2 Å². The predicted octanol–water partition coefficient (Wildman–Crippen LogP) is 3.88. The van der Waals surface area contributed by atoms with Crippen molar-refractivity contribution in [2.24, 2.45) is 0 Å². The number of carbonyl (C=O) groups is 2. The lowest BCUT2D eigenvalue weighted by molar-refractivity contribution is -0.118. The Hall–Kier alpha value is -3.24. The highest BCUT2D eigenvalue weighted by atomic mass is 32.1. The minimum atomic E-state index is -0.681. The van der Waals surface area contributed by atoms with Crippen molar-refractivity contribution in [1.82, 2.24) is 15.6 Å². The molecule has 0 aliphatic carbocycles. The first kappa shape index (κ1) is 23.9. The monoisotopic (exact) mass is 485 g/mol. The summed E-state index contributed by atoms with van der Waals surface area (Å²) < 4.78 is 19.4. The highest BCUT2D eigenvalue weighted by Gasteiger charge is 2.21. The van der Waals surface area contributed by atoms with E-state index in [4.69, 9.17) is 9.72 Å². The van der Waals surface area contributed by atoms with E-state index in [0.717, 1.165) is 40.4 Å². The number of hydrogen-bond acceptors (Lipinski definition) is 6. The van der Waals surface area contributed by atoms with Gasteiger partial charge in [-0.1, -0.05) is 36.8 Å². The van der Waals surface area contributed by atoms with Gasteiger partial charge in [-0.05, 0) is 42.3 Å². The minimum Gasteiger partial charge on any atom is -0.378 e. The molecule has 4 rings (SSSR count). The number of fused-ring (bicyclic) bond motifs is 1. The predicted molar refractivity (Wildman–Crippen MR) is 132 cm³/mol. The average Bonchev–Trinajstić information content (AvgIpc) is 3.27. The molecule has 2 heterocycles. The number of benzene rings is 2. The lowest BCUT2D eigenvalue weighted by Crippen LogP contribution is -2.47. The van der Waals surface area contributed by atoms with E-state index in [-0.39, 0.29) is 18.3 Å². The van der Waals surface area contributed by atoms with E-state index in [0.29, 0.717) is 25.3 Å². The number of morpholine rings is 1. The van der Waals surface area contributed by atoms with Crippen molar-refractivity contribution in [2.45, 2.75) is 32.4 Å². The molecule has 180 valence electrons. The van der Waals surface area contributed by atoms with Crippen LogP contribution in [0.2, 0.25) is 0 Å². The molecule has 3 amide bonds. The van der Waals surface area contributed by atoms with Crippen LogP contribution in [0, 0.1) is 5.82 Å². The smallest absolute Gasteiger partial charge is 0.315 e. The molecule has 1 atom stereocenters. The van der Waals surface area contributed by atoms with Crippen molar-refractivity contribution in [3.05, 3.63) is 53.8 Å². The van der Waals surface area contributed by atoms with Crippen LogP contribution in [0.3, 0.4) is 0 Å². The molecule has 0 bridgehead atoms. The fourth-order valence-corrected chi connectivity index (χ4v) is 4.72. The Morgan fingerprint density at radius 3 is 2.68 bits per heavy atom. The van der Waals surface area contributed by atoms with Gasteiger partial charge in [0.15, 0.2) is 5.13 Å². The van der Waals surface area contributed by atoms with Crippen molar-refractivity contribution in [3.63, 3.8) is 0 Å². The Morgan fingerprint density at radius 2 is 1.94 bits per heavy atom. The maximum atomic E-state index is 13.0. The number of nitrogens with zero attached hydrogens (tertiary/aromatic N) is 2. The summed E-state index contributed by atoms with van der Waals surface area (Å²) in [5.41, 5.74) is 2.31. The van der Waals surface area contributed by atoms with Crippen molar-refractivity contribution in [3.8, 4) is 0 Å². The third kappa shape index (κ3) is 6.21. The molecule has 1 saturated heterocycles. The van der Waals surface area contributed by atoms with Crippen molar-refractivity contribution in [1.29, 1.82) is 0 Å². The maximum Gasteiger partial charge on any atom is 0.315 e. The first-order chi connectivity index (χ1) is 16.5. The molecular formula is C24H28FN5O3S. The molecular weight excluding hydrogens is 457 g/mol. The number of urea groups is 1. The van der Waals surface area contributed by atoms with Gasteiger partial charge < -0.3 is 25.6 Å². The first-order valence-electron chi connectivity index (χ1n) is 11.3. The van der Waals surface area contributed by atoms with Crippen molar-refractivity contribution >= 4 is 44.3 Å². The van der Waals surface area contributed by atoms with E-state index < -0.39 is 12.1 Å². The number of nitrogens with one attached hydrogen (secondary N) is 3. The number of hydrogen-bond donors (Lipinski definition) is 3. The van der Waals surface area contributed by atoms with Gasteiger partial charge in [0.1, 0.15) is 11.9 Å². The van der Waals surface area contributed by atoms with Crippen LogP contribution in [-0.2, 0) is 16.1 Å². The molecule has 1 unspecified atom stereocenters. The fraction of sp³-hybridized carbons (Fsp3) is 0.375. The third-order valence-electron chi connectivity index (χ3n) is 5.49. The minimum absolute atomic E-state index is 0.236. The Kier molecular flexibility index (Phi) is 7.91. The summed E-state index contributed by atoms with van der Waals surface area (Å²) in [4.78, 5) is 32.2. The van der Waals surface area contributed by atoms with Crippen LogP contribution in [0.15, 0.2) is 42.5 Å². The number of amides is 3. The van der Waals surface area contributed by atoms with Gasteiger partial charge in [0.05, 0.1) is 23.4 Å². The number of carbonyl (C=O) groups excluding carboxylic acids is 2. The lowest BCUT2D eigenvalue weighted by atomic mass is 10.1. The molecule has 1 fully saturated rings. The van der Waals surface area contributed by atoms with Crippen LogP contribution >= 0.6 is 11.3 Å². The molecule has 34 heavy (non-hydrogen) atoms. The average molecular weight is 486 g/mol. The third-order valence-corrected chi connectivity index (χ3v) is 6.57. The highest BCUT2D eigenvalue weighted by Crippen LogP contribution is 2.31. The topological polar surface area (TPSA) is 95.6 Å². The van der Waals surface area contributed by atoms with Gasteiger partial charge in [-0.2, -0.15) is 0 Å². The van der Waals surface area contributed by atoms with Crippen LogP contribution in [0.1, 0.15) is 25.3 Å². The number of halogens is 1. The van der Waals surface area contributed by atoms with E-state index in [1.807, 2.05) is 25.1 Å². The van der Waals surface area contributed by atoms with E-state index >= 15 is 0 Å². The zero-order chi connectivity index (χ0) is 23.9. The van der Waals surface area contributed by atoms with Crippen LogP contribution in [0.5, 0.6) is 0 Å². The lowest BCUT2D eigenvalue weighted by Gasteiger charge is -2.25. The molecule has 0 spiro atoms. The summed E-state index contributed by atoms with van der Waals surface area (Å²) in [7, 11) is 0. The Morgan fingerprint density at radius 1 is 1.18 bits per heavy atom. The van der Waals surface area contributed by atoms with Crippen LogP contribution < -0.4 is 20.9 Å². The fourth-order valence-electron chi connectivity index (χ4n) is 3.66. The molecule has 8 nitrogen and oxygen atoms in total. The molecule has 1 aromatic heterocycles. The molecule has 3 N–H and O–H groups in total. The molecule has 2 aromatic carbocycles. The van der Waals surface area contributed by atoms with E-state index in [9.17, 15) is 14.0 Å². The van der Waals surface area contributed by atoms with Crippen molar-refractivity contribution < 1.29 is 18.7 Å². The van der Waals surface area contributed by atoms with Gasteiger partial charge in [0, 0.05) is 25.3 Å². The molecule has 3 aromatic rings. The number of anilines is 2. The SMILES string of the molecule is CCCC(NC(=O)NCc1ccc(F)cc1)C(=O)Nc1ccc2nc(N3CCOCC3)sc2c1. The number of rotatable bonds is 8. The van der Waals surface area contributed by atoms with E-state index in [1.165, 1.54) is 12.1 Å². The first-order valence-corrected chi connectivity index (χ1v) is 12.2. The molecule has 0 radical (unpaired) electrons. The highest BCUT2D eigenvalue weighted by molar-refractivity contribution is 7.22. The molecule has 10 heteroatoms. The summed E-state index contributed by atoms with van der Waals surface area (Å²) in [6, 6.07) is 10.4. The van der Waals surface area contributed by atoms with Gasteiger partial charge in [0.25, 0.3) is 0 Å². The van der Waals surface area contributed by atoms with E-state index in [1.54, 1.807) is 23.5 Å².